The van der Waals surface area contributed by atoms with E-state index in [0.29, 0.717) is 27.5 Å². The number of rotatable bonds is 4. The van der Waals surface area contributed by atoms with E-state index in [4.69, 9.17) is 11.6 Å². The first kappa shape index (κ1) is 21.2. The van der Waals surface area contributed by atoms with Crippen molar-refractivity contribution < 1.29 is 9.90 Å². The topological polar surface area (TPSA) is 99.1 Å². The molecule has 1 aliphatic carbocycles. The monoisotopic (exact) mass is 464 g/mol. The molecular weight excluding hydrogens is 444 g/mol. The maximum Gasteiger partial charge on any atom is 0.335 e. The molecule has 2 aromatic carbocycles. The molecule has 1 aliphatic rings. The standard InChI is InChI=1S/C24H21ClN4O4/c1-12-16(21(30)19-20(13-7-8-13)26-28(3)22(19)31)9-10-17-18(12)23(32)29(24(33)27(17)2)15-6-4-5-14(25)11-15/h4-6,9-11,13,31H,7-8H2,1-3H3. The number of halogens is 1. The van der Waals surface area contributed by atoms with Crippen LogP contribution in [0.4, 0.5) is 0 Å². The Labute approximate surface area is 193 Å². The predicted molar refractivity (Wildman–Crippen MR) is 125 cm³/mol. The molecule has 0 radical (unpaired) electrons. The summed E-state index contributed by atoms with van der Waals surface area (Å²) in [6, 6.07) is 9.65. The quantitative estimate of drug-likeness (QED) is 0.467. The third-order valence-corrected chi connectivity index (χ3v) is 6.48. The summed E-state index contributed by atoms with van der Waals surface area (Å²) in [7, 11) is 3.16. The van der Waals surface area contributed by atoms with Gasteiger partial charge in [-0.3, -0.25) is 14.2 Å². The van der Waals surface area contributed by atoms with E-state index in [-0.39, 0.29) is 28.3 Å². The molecule has 168 valence electrons. The minimum Gasteiger partial charge on any atom is -0.493 e. The Morgan fingerprint density at radius 2 is 1.88 bits per heavy atom. The number of aryl methyl sites for hydroxylation is 3. The zero-order valence-corrected chi connectivity index (χ0v) is 19.1. The summed E-state index contributed by atoms with van der Waals surface area (Å²) < 4.78 is 3.72. The van der Waals surface area contributed by atoms with E-state index in [0.717, 1.165) is 17.4 Å². The molecule has 0 unspecified atom stereocenters. The SMILES string of the molecule is Cc1c(C(=O)c2c(C3CC3)nn(C)c2O)ccc2c1c(=O)n(-c1cccc(Cl)c1)c(=O)n2C. The van der Waals surface area contributed by atoms with E-state index < -0.39 is 17.0 Å². The second kappa shape index (κ2) is 7.45. The molecule has 33 heavy (non-hydrogen) atoms. The van der Waals surface area contributed by atoms with Crippen LogP contribution >= 0.6 is 11.6 Å². The van der Waals surface area contributed by atoms with Gasteiger partial charge in [0.1, 0.15) is 5.56 Å². The van der Waals surface area contributed by atoms with Crippen LogP contribution in [0.25, 0.3) is 16.6 Å². The summed E-state index contributed by atoms with van der Waals surface area (Å²) >= 11 is 6.09. The third kappa shape index (κ3) is 3.21. The van der Waals surface area contributed by atoms with Crippen molar-refractivity contribution in [2.24, 2.45) is 14.1 Å². The molecule has 2 heterocycles. The Bertz CT molecular complexity index is 1590. The molecule has 4 aromatic rings. The maximum absolute atomic E-state index is 13.6. The Morgan fingerprint density at radius 3 is 2.55 bits per heavy atom. The number of benzene rings is 2. The maximum atomic E-state index is 13.6. The fourth-order valence-electron chi connectivity index (χ4n) is 4.32. The molecule has 0 amide bonds. The third-order valence-electron chi connectivity index (χ3n) is 6.25. The van der Waals surface area contributed by atoms with E-state index in [2.05, 4.69) is 5.10 Å². The van der Waals surface area contributed by atoms with Crippen molar-refractivity contribution in [1.82, 2.24) is 18.9 Å². The van der Waals surface area contributed by atoms with Crippen molar-refractivity contribution in [2.75, 3.05) is 0 Å². The second-order valence-corrected chi connectivity index (χ2v) is 8.84. The summed E-state index contributed by atoms with van der Waals surface area (Å²) in [5, 5.41) is 15.5. The van der Waals surface area contributed by atoms with E-state index in [1.165, 1.54) is 15.3 Å². The minimum absolute atomic E-state index is 0.151. The van der Waals surface area contributed by atoms with Gasteiger partial charge in [-0.15, -0.1) is 0 Å². The molecule has 0 saturated heterocycles. The molecule has 0 bridgehead atoms. The van der Waals surface area contributed by atoms with Crippen LogP contribution in [0.3, 0.4) is 0 Å². The van der Waals surface area contributed by atoms with Gasteiger partial charge in [-0.2, -0.15) is 5.10 Å². The van der Waals surface area contributed by atoms with E-state index in [9.17, 15) is 19.5 Å². The van der Waals surface area contributed by atoms with Crippen LogP contribution in [0, 0.1) is 6.92 Å². The smallest absolute Gasteiger partial charge is 0.335 e. The molecule has 5 rings (SSSR count). The number of fused-ring (bicyclic) bond motifs is 1. The molecule has 2 aromatic heterocycles. The van der Waals surface area contributed by atoms with Crippen molar-refractivity contribution in [3.05, 3.63) is 84.6 Å². The van der Waals surface area contributed by atoms with Crippen molar-refractivity contribution in [3.8, 4) is 11.6 Å². The number of carbonyl (C=O) groups excluding carboxylic acids is 1. The highest BCUT2D eigenvalue weighted by Gasteiger charge is 2.35. The van der Waals surface area contributed by atoms with E-state index in [1.807, 2.05) is 0 Å². The molecule has 1 fully saturated rings. The normalized spacial score (nSPS) is 13.6. The second-order valence-electron chi connectivity index (χ2n) is 8.41. The van der Waals surface area contributed by atoms with Crippen molar-refractivity contribution >= 4 is 28.3 Å². The average molecular weight is 465 g/mol. The molecule has 1 saturated carbocycles. The average Bonchev–Trinajstić information content (AvgIpc) is 3.57. The largest absolute Gasteiger partial charge is 0.493 e. The number of aromatic hydroxyl groups is 1. The highest BCUT2D eigenvalue weighted by molar-refractivity contribution is 6.30. The molecule has 0 aliphatic heterocycles. The fraction of sp³-hybridized carbons (Fsp3) is 0.250. The summed E-state index contributed by atoms with van der Waals surface area (Å²) in [6.45, 7) is 1.67. The van der Waals surface area contributed by atoms with Crippen LogP contribution in [0.5, 0.6) is 5.88 Å². The van der Waals surface area contributed by atoms with Gasteiger partial charge in [0, 0.05) is 30.6 Å². The van der Waals surface area contributed by atoms with Gasteiger partial charge in [-0.1, -0.05) is 17.7 Å². The number of hydrogen-bond donors (Lipinski definition) is 1. The summed E-state index contributed by atoms with van der Waals surface area (Å²) in [4.78, 5) is 40.1. The van der Waals surface area contributed by atoms with Crippen LogP contribution in [-0.4, -0.2) is 29.8 Å². The minimum atomic E-state index is -0.541. The first-order valence-electron chi connectivity index (χ1n) is 10.5. The molecule has 0 spiro atoms. The van der Waals surface area contributed by atoms with Gasteiger partial charge < -0.3 is 5.11 Å². The molecule has 9 heteroatoms. The van der Waals surface area contributed by atoms with Crippen molar-refractivity contribution in [3.63, 3.8) is 0 Å². The van der Waals surface area contributed by atoms with Gasteiger partial charge in [0.05, 0.1) is 22.3 Å². The number of hydrogen-bond acceptors (Lipinski definition) is 5. The van der Waals surface area contributed by atoms with Gasteiger partial charge >= 0.3 is 5.69 Å². The Kier molecular flexibility index (Phi) is 4.79. The molecule has 8 nitrogen and oxygen atoms in total. The number of ketones is 1. The lowest BCUT2D eigenvalue weighted by Gasteiger charge is -2.14. The van der Waals surface area contributed by atoms with Crippen molar-refractivity contribution in [2.45, 2.75) is 25.7 Å². The van der Waals surface area contributed by atoms with Crippen LogP contribution in [0.15, 0.2) is 46.0 Å². The lowest BCUT2D eigenvalue weighted by Crippen LogP contribution is -2.38. The molecular formula is C24H21ClN4O4. The first-order valence-corrected chi connectivity index (χ1v) is 10.9. The van der Waals surface area contributed by atoms with Gasteiger partial charge in [0.2, 0.25) is 11.7 Å². The first-order chi connectivity index (χ1) is 15.7. The Balaban J connectivity index is 1.78. The zero-order valence-electron chi connectivity index (χ0n) is 18.3. The molecule has 0 atom stereocenters. The summed E-state index contributed by atoms with van der Waals surface area (Å²) in [5.41, 5.74) is 1.15. The fourth-order valence-corrected chi connectivity index (χ4v) is 4.50. The Hall–Kier alpha value is -3.65. The Morgan fingerprint density at radius 1 is 1.15 bits per heavy atom. The van der Waals surface area contributed by atoms with Crippen LogP contribution in [0.2, 0.25) is 5.02 Å². The van der Waals surface area contributed by atoms with Gasteiger partial charge in [0.15, 0.2) is 0 Å². The number of nitrogens with zero attached hydrogens (tertiary/aromatic N) is 4. The summed E-state index contributed by atoms with van der Waals surface area (Å²) in [5.74, 6) is -0.444. The predicted octanol–water partition coefficient (Wildman–Crippen LogP) is 3.20. The van der Waals surface area contributed by atoms with Gasteiger partial charge in [0.25, 0.3) is 5.56 Å². The van der Waals surface area contributed by atoms with Crippen LogP contribution in [0.1, 0.15) is 45.9 Å². The van der Waals surface area contributed by atoms with E-state index >= 15 is 0 Å². The summed E-state index contributed by atoms with van der Waals surface area (Å²) in [6.07, 6.45) is 1.83. The van der Waals surface area contributed by atoms with Crippen LogP contribution in [-0.2, 0) is 14.1 Å². The van der Waals surface area contributed by atoms with Gasteiger partial charge in [-0.25, -0.2) is 14.0 Å². The highest BCUT2D eigenvalue weighted by Crippen LogP contribution is 2.43. The number of aromatic nitrogens is 4. The lowest BCUT2D eigenvalue weighted by molar-refractivity contribution is 0.103. The van der Waals surface area contributed by atoms with Crippen LogP contribution < -0.4 is 11.2 Å². The van der Waals surface area contributed by atoms with Gasteiger partial charge in [-0.05, 0) is 55.7 Å². The van der Waals surface area contributed by atoms with E-state index in [1.54, 1.807) is 51.4 Å². The van der Waals surface area contributed by atoms with Crippen molar-refractivity contribution in [1.29, 1.82) is 0 Å². The number of carbonyl (C=O) groups is 1. The highest BCUT2D eigenvalue weighted by atomic mass is 35.5. The molecule has 1 N–H and O–H groups in total. The zero-order chi connectivity index (χ0) is 23.6. The lowest BCUT2D eigenvalue weighted by atomic mass is 9.95.